The quantitative estimate of drug-likeness (QED) is 0.562. The van der Waals surface area contributed by atoms with Crippen LogP contribution in [0.15, 0.2) is 5.38 Å². The first-order valence-electron chi connectivity index (χ1n) is 2.72. The lowest BCUT2D eigenvalue weighted by Crippen LogP contribution is -2.32. The topological polar surface area (TPSA) is 40.5 Å². The molecule has 54 valence electrons. The summed E-state index contributed by atoms with van der Waals surface area (Å²) in [5.41, 5.74) is -0.00926. The van der Waals surface area contributed by atoms with Crippen LogP contribution in [-0.2, 0) is 0 Å². The van der Waals surface area contributed by atoms with E-state index in [1.165, 1.54) is 5.38 Å². The molecular formula is C5H6BFO2S. The molecule has 0 saturated carbocycles. The molecule has 1 aromatic heterocycles. The van der Waals surface area contributed by atoms with E-state index in [4.69, 9.17) is 10.0 Å². The summed E-state index contributed by atoms with van der Waals surface area (Å²) in [6.45, 7) is 1.64. The summed E-state index contributed by atoms with van der Waals surface area (Å²) in [6, 6.07) is 0. The normalized spacial score (nSPS) is 10.0. The van der Waals surface area contributed by atoms with E-state index in [-0.39, 0.29) is 5.46 Å². The number of hydrogen-bond acceptors (Lipinski definition) is 3. The maximum atomic E-state index is 12.6. The van der Waals surface area contributed by atoms with E-state index in [1.807, 2.05) is 0 Å². The minimum atomic E-state index is -1.69. The Balaban J connectivity index is 3.10. The average Bonchev–Trinajstić information content (AvgIpc) is 2.11. The molecule has 0 amide bonds. The Hall–Kier alpha value is -0.385. The second-order valence-electron chi connectivity index (χ2n) is 1.93. The highest BCUT2D eigenvalue weighted by atomic mass is 32.1. The van der Waals surface area contributed by atoms with E-state index in [2.05, 4.69) is 0 Å². The molecule has 2 N–H and O–H groups in total. The van der Waals surface area contributed by atoms with Gasteiger partial charge in [0.25, 0.3) is 0 Å². The lowest BCUT2D eigenvalue weighted by molar-refractivity contribution is 0.423. The first-order valence-corrected chi connectivity index (χ1v) is 3.60. The second kappa shape index (κ2) is 2.69. The van der Waals surface area contributed by atoms with Gasteiger partial charge in [-0.1, -0.05) is 0 Å². The number of rotatable bonds is 1. The van der Waals surface area contributed by atoms with E-state index in [1.54, 1.807) is 6.92 Å². The minimum absolute atomic E-state index is 0.00926. The van der Waals surface area contributed by atoms with E-state index in [9.17, 15) is 4.39 Å². The van der Waals surface area contributed by atoms with Crippen molar-refractivity contribution >= 4 is 23.9 Å². The summed E-state index contributed by atoms with van der Waals surface area (Å²) in [6.07, 6.45) is 0. The lowest BCUT2D eigenvalue weighted by Gasteiger charge is -1.95. The first kappa shape index (κ1) is 7.72. The fraction of sp³-hybridized carbons (Fsp3) is 0.200. The Bertz CT molecular complexity index is 216. The lowest BCUT2D eigenvalue weighted by atomic mass is 9.80. The zero-order valence-corrected chi connectivity index (χ0v) is 6.15. The maximum Gasteiger partial charge on any atom is 0.492 e. The van der Waals surface area contributed by atoms with Crippen LogP contribution < -0.4 is 5.46 Å². The number of aryl methyl sites for hydroxylation is 1. The molecule has 0 aliphatic heterocycles. The van der Waals surface area contributed by atoms with Crippen LogP contribution in [0.25, 0.3) is 0 Å². The van der Waals surface area contributed by atoms with Crippen LogP contribution in [0.5, 0.6) is 0 Å². The molecule has 0 saturated heterocycles. The molecule has 1 heterocycles. The molecule has 0 unspecified atom stereocenters. The summed E-state index contributed by atoms with van der Waals surface area (Å²) in [5.74, 6) is -0.544. The van der Waals surface area contributed by atoms with E-state index in [0.29, 0.717) is 4.88 Å². The molecule has 0 aromatic carbocycles. The highest BCUT2D eigenvalue weighted by Gasteiger charge is 2.20. The van der Waals surface area contributed by atoms with E-state index >= 15 is 0 Å². The molecule has 2 nitrogen and oxygen atoms in total. The van der Waals surface area contributed by atoms with Crippen LogP contribution in [0.1, 0.15) is 4.88 Å². The number of hydrogen-bond donors (Lipinski definition) is 2. The molecule has 10 heavy (non-hydrogen) atoms. The van der Waals surface area contributed by atoms with Crippen molar-refractivity contribution in [3.05, 3.63) is 16.1 Å². The van der Waals surface area contributed by atoms with Crippen LogP contribution in [-0.4, -0.2) is 17.2 Å². The smallest absolute Gasteiger partial charge is 0.423 e. The van der Waals surface area contributed by atoms with Crippen molar-refractivity contribution in [2.24, 2.45) is 0 Å². The third-order valence-corrected chi connectivity index (χ3v) is 2.13. The third-order valence-electron chi connectivity index (χ3n) is 1.23. The van der Waals surface area contributed by atoms with Crippen LogP contribution in [0.4, 0.5) is 4.39 Å². The van der Waals surface area contributed by atoms with Gasteiger partial charge in [0.2, 0.25) is 0 Å². The highest BCUT2D eigenvalue weighted by molar-refractivity contribution is 7.11. The fourth-order valence-electron chi connectivity index (χ4n) is 0.740. The minimum Gasteiger partial charge on any atom is -0.423 e. The third kappa shape index (κ3) is 1.21. The van der Waals surface area contributed by atoms with Crippen molar-refractivity contribution in [2.75, 3.05) is 0 Å². The Kier molecular flexibility index (Phi) is 2.08. The molecule has 0 bridgehead atoms. The summed E-state index contributed by atoms with van der Waals surface area (Å²) in [4.78, 5) is 0.604. The standard InChI is InChI=1S/C5H6BFO2S/c1-3-5(6(8)9)4(7)2-10-3/h2,8-9H,1H3. The van der Waals surface area contributed by atoms with Crippen molar-refractivity contribution in [2.45, 2.75) is 6.92 Å². The van der Waals surface area contributed by atoms with E-state index in [0.717, 1.165) is 11.3 Å². The average molecular weight is 160 g/mol. The van der Waals surface area contributed by atoms with Crippen LogP contribution in [0.3, 0.4) is 0 Å². The number of thiophene rings is 1. The van der Waals surface area contributed by atoms with Crippen LogP contribution >= 0.6 is 11.3 Å². The molecule has 0 aliphatic carbocycles. The van der Waals surface area contributed by atoms with Gasteiger partial charge in [0, 0.05) is 15.7 Å². The Labute approximate surface area is 62.1 Å². The molecule has 0 atom stereocenters. The first-order chi connectivity index (χ1) is 4.63. The summed E-state index contributed by atoms with van der Waals surface area (Å²) in [7, 11) is -1.69. The zero-order chi connectivity index (χ0) is 7.72. The second-order valence-corrected chi connectivity index (χ2v) is 3.01. The molecule has 0 fully saturated rings. The van der Waals surface area contributed by atoms with Gasteiger partial charge in [0.15, 0.2) is 0 Å². The van der Waals surface area contributed by atoms with Gasteiger partial charge in [-0.3, -0.25) is 0 Å². The van der Waals surface area contributed by atoms with Gasteiger partial charge in [-0.05, 0) is 6.92 Å². The monoisotopic (exact) mass is 160 g/mol. The zero-order valence-electron chi connectivity index (χ0n) is 5.34. The predicted molar refractivity (Wildman–Crippen MR) is 38.8 cm³/mol. The van der Waals surface area contributed by atoms with Crippen LogP contribution in [0.2, 0.25) is 0 Å². The maximum absolute atomic E-state index is 12.6. The van der Waals surface area contributed by atoms with Crippen molar-refractivity contribution < 1.29 is 14.4 Å². The molecular weight excluding hydrogens is 154 g/mol. The van der Waals surface area contributed by atoms with Crippen molar-refractivity contribution in [3.8, 4) is 0 Å². The van der Waals surface area contributed by atoms with Crippen molar-refractivity contribution in [1.82, 2.24) is 0 Å². The largest absolute Gasteiger partial charge is 0.492 e. The van der Waals surface area contributed by atoms with Crippen LogP contribution in [0, 0.1) is 12.7 Å². The summed E-state index contributed by atoms with van der Waals surface area (Å²) >= 11 is 1.16. The number of halogens is 1. The van der Waals surface area contributed by atoms with Gasteiger partial charge in [0.1, 0.15) is 5.82 Å². The van der Waals surface area contributed by atoms with Gasteiger partial charge >= 0.3 is 7.12 Å². The molecule has 0 aliphatic rings. The summed E-state index contributed by atoms with van der Waals surface area (Å²) in [5, 5.41) is 18.4. The Morgan fingerprint density at radius 1 is 1.60 bits per heavy atom. The van der Waals surface area contributed by atoms with Gasteiger partial charge in [0.05, 0.1) is 0 Å². The molecule has 0 spiro atoms. The van der Waals surface area contributed by atoms with Crippen molar-refractivity contribution in [1.29, 1.82) is 0 Å². The van der Waals surface area contributed by atoms with Gasteiger partial charge in [-0.2, -0.15) is 0 Å². The molecule has 5 heteroatoms. The van der Waals surface area contributed by atoms with Gasteiger partial charge in [-0.15, -0.1) is 11.3 Å². The van der Waals surface area contributed by atoms with Crippen molar-refractivity contribution in [3.63, 3.8) is 0 Å². The van der Waals surface area contributed by atoms with E-state index < -0.39 is 12.9 Å². The molecule has 0 radical (unpaired) electrons. The Morgan fingerprint density at radius 3 is 2.40 bits per heavy atom. The molecule has 1 rings (SSSR count). The van der Waals surface area contributed by atoms with Gasteiger partial charge in [-0.25, -0.2) is 4.39 Å². The SMILES string of the molecule is Cc1scc(F)c1B(O)O. The predicted octanol–water partition coefficient (Wildman–Crippen LogP) is -0.125. The highest BCUT2D eigenvalue weighted by Crippen LogP contribution is 2.08. The fourth-order valence-corrected chi connectivity index (χ4v) is 1.48. The Morgan fingerprint density at radius 2 is 2.20 bits per heavy atom. The summed E-state index contributed by atoms with van der Waals surface area (Å²) < 4.78 is 12.6. The van der Waals surface area contributed by atoms with Gasteiger partial charge < -0.3 is 10.0 Å². The molecule has 1 aromatic rings.